The van der Waals surface area contributed by atoms with E-state index in [0.717, 1.165) is 25.9 Å². The zero-order valence-corrected chi connectivity index (χ0v) is 13.0. The minimum absolute atomic E-state index is 0.0418. The molecule has 1 fully saturated rings. The van der Waals surface area contributed by atoms with Crippen LogP contribution in [0.2, 0.25) is 0 Å². The van der Waals surface area contributed by atoms with Crippen molar-refractivity contribution in [2.24, 2.45) is 11.3 Å². The van der Waals surface area contributed by atoms with Gasteiger partial charge in [-0.3, -0.25) is 0 Å². The normalized spacial score (nSPS) is 18.3. The Bertz CT molecular complexity index is 257. The minimum atomic E-state index is -2.49. The molecular formula is C16H30F2O. The molecule has 1 rings (SSSR count). The Morgan fingerprint density at radius 3 is 2.16 bits per heavy atom. The van der Waals surface area contributed by atoms with Crippen molar-refractivity contribution in [2.75, 3.05) is 6.61 Å². The van der Waals surface area contributed by atoms with Gasteiger partial charge in [-0.2, -0.15) is 0 Å². The van der Waals surface area contributed by atoms with Crippen molar-refractivity contribution in [1.82, 2.24) is 0 Å². The van der Waals surface area contributed by atoms with Crippen molar-refractivity contribution >= 4 is 0 Å². The lowest BCUT2D eigenvalue weighted by molar-refractivity contribution is -0.0542. The van der Waals surface area contributed by atoms with Gasteiger partial charge < -0.3 is 4.74 Å². The Labute approximate surface area is 117 Å². The second kappa shape index (κ2) is 7.01. The van der Waals surface area contributed by atoms with E-state index in [0.29, 0.717) is 17.9 Å². The van der Waals surface area contributed by atoms with Crippen LogP contribution in [0.3, 0.4) is 0 Å². The van der Waals surface area contributed by atoms with E-state index in [-0.39, 0.29) is 6.42 Å². The number of hydrogen-bond acceptors (Lipinski definition) is 1. The smallest absolute Gasteiger partial charge is 0.250 e. The maximum Gasteiger partial charge on any atom is 0.250 e. The first-order chi connectivity index (χ1) is 8.77. The van der Waals surface area contributed by atoms with Crippen LogP contribution in [0.25, 0.3) is 0 Å². The second-order valence-electron chi connectivity index (χ2n) is 6.84. The average molecular weight is 276 g/mol. The highest BCUT2D eigenvalue weighted by atomic mass is 19.3. The second-order valence-corrected chi connectivity index (χ2v) is 6.84. The molecule has 0 N–H and O–H groups in total. The number of rotatable bonds is 10. The number of ether oxygens (including phenoxy) is 1. The first-order valence-corrected chi connectivity index (χ1v) is 7.77. The molecular weight excluding hydrogens is 246 g/mol. The first-order valence-electron chi connectivity index (χ1n) is 7.77. The van der Waals surface area contributed by atoms with Crippen LogP contribution in [-0.4, -0.2) is 18.6 Å². The fraction of sp³-hybridized carbons (Fsp3) is 1.00. The minimum Gasteiger partial charge on any atom is -0.378 e. The van der Waals surface area contributed by atoms with Crippen LogP contribution in [0.15, 0.2) is 0 Å². The van der Waals surface area contributed by atoms with Crippen LogP contribution in [0.4, 0.5) is 8.78 Å². The molecule has 19 heavy (non-hydrogen) atoms. The maximum absolute atomic E-state index is 13.4. The summed E-state index contributed by atoms with van der Waals surface area (Å²) in [5.41, 5.74) is 0.394. The average Bonchev–Trinajstić information content (AvgIpc) is 3.06. The molecule has 114 valence electrons. The molecule has 0 aromatic heterocycles. The predicted molar refractivity (Wildman–Crippen MR) is 75.6 cm³/mol. The molecule has 1 aliphatic rings. The summed E-state index contributed by atoms with van der Waals surface area (Å²) in [7, 11) is 0. The summed E-state index contributed by atoms with van der Waals surface area (Å²) in [6, 6.07) is 0. The molecule has 0 bridgehead atoms. The van der Waals surface area contributed by atoms with Crippen LogP contribution >= 0.6 is 0 Å². The molecule has 1 nitrogen and oxygen atoms in total. The van der Waals surface area contributed by atoms with Gasteiger partial charge in [-0.1, -0.05) is 26.7 Å². The Morgan fingerprint density at radius 2 is 1.68 bits per heavy atom. The summed E-state index contributed by atoms with van der Waals surface area (Å²) < 4.78 is 32.5. The van der Waals surface area contributed by atoms with Gasteiger partial charge in [0.1, 0.15) is 0 Å². The van der Waals surface area contributed by atoms with Crippen LogP contribution in [-0.2, 0) is 4.74 Å². The molecule has 0 amide bonds. The van der Waals surface area contributed by atoms with Crippen LogP contribution in [0.1, 0.15) is 72.6 Å². The topological polar surface area (TPSA) is 9.23 Å². The van der Waals surface area contributed by atoms with Crippen molar-refractivity contribution in [1.29, 1.82) is 0 Å². The summed E-state index contributed by atoms with van der Waals surface area (Å²) in [6.45, 7) is 8.17. The van der Waals surface area contributed by atoms with Gasteiger partial charge in [-0.15, -0.1) is 0 Å². The molecule has 0 saturated heterocycles. The van der Waals surface area contributed by atoms with E-state index in [1.807, 2.05) is 0 Å². The summed E-state index contributed by atoms with van der Waals surface area (Å²) in [4.78, 5) is 0. The quantitative estimate of drug-likeness (QED) is 0.483. The molecule has 0 aliphatic heterocycles. The third-order valence-corrected chi connectivity index (χ3v) is 4.24. The monoisotopic (exact) mass is 276 g/mol. The van der Waals surface area contributed by atoms with E-state index in [1.165, 1.54) is 12.8 Å². The molecule has 3 heteroatoms. The first kappa shape index (κ1) is 16.9. The summed E-state index contributed by atoms with van der Waals surface area (Å²) in [5.74, 6) is -3.03. The van der Waals surface area contributed by atoms with Gasteiger partial charge in [0, 0.05) is 12.3 Å². The standard InChI is InChI=1S/C16H30F2O/c1-13(2)16(17,18)9-7-5-6-8-15(10-11-15)12-19-14(3)4/h13-14H,5-12H2,1-4H3. The summed E-state index contributed by atoms with van der Waals surface area (Å²) in [5, 5.41) is 0. The van der Waals surface area contributed by atoms with Crippen molar-refractivity contribution in [3.63, 3.8) is 0 Å². The van der Waals surface area contributed by atoms with Crippen molar-refractivity contribution in [2.45, 2.75) is 84.7 Å². The van der Waals surface area contributed by atoms with Crippen LogP contribution < -0.4 is 0 Å². The van der Waals surface area contributed by atoms with Gasteiger partial charge in [0.25, 0.3) is 0 Å². The molecule has 1 aliphatic carbocycles. The Balaban J connectivity index is 2.08. The Kier molecular flexibility index (Phi) is 6.22. The van der Waals surface area contributed by atoms with E-state index < -0.39 is 11.8 Å². The molecule has 0 aromatic rings. The fourth-order valence-corrected chi connectivity index (χ4v) is 2.31. The molecule has 0 radical (unpaired) electrons. The van der Waals surface area contributed by atoms with Crippen LogP contribution in [0.5, 0.6) is 0 Å². The van der Waals surface area contributed by atoms with E-state index in [4.69, 9.17) is 4.74 Å². The predicted octanol–water partition coefficient (Wildman–Crippen LogP) is 5.43. The third kappa shape index (κ3) is 6.20. The van der Waals surface area contributed by atoms with Gasteiger partial charge >= 0.3 is 0 Å². The molecule has 1 saturated carbocycles. The van der Waals surface area contributed by atoms with Gasteiger partial charge in [0.15, 0.2) is 0 Å². The van der Waals surface area contributed by atoms with Crippen LogP contribution in [0, 0.1) is 11.3 Å². The molecule has 0 heterocycles. The molecule has 0 spiro atoms. The maximum atomic E-state index is 13.4. The highest BCUT2D eigenvalue weighted by molar-refractivity contribution is 4.92. The Hall–Kier alpha value is -0.180. The van der Waals surface area contributed by atoms with Crippen molar-refractivity contribution in [3.05, 3.63) is 0 Å². The van der Waals surface area contributed by atoms with Gasteiger partial charge in [0.05, 0.1) is 12.7 Å². The van der Waals surface area contributed by atoms with E-state index in [9.17, 15) is 8.78 Å². The fourth-order valence-electron chi connectivity index (χ4n) is 2.31. The zero-order chi connectivity index (χ0) is 14.5. The van der Waals surface area contributed by atoms with E-state index >= 15 is 0 Å². The zero-order valence-electron chi connectivity index (χ0n) is 13.0. The Morgan fingerprint density at radius 1 is 1.05 bits per heavy atom. The SMILES string of the molecule is CC(C)OCC1(CCCCCC(F)(F)C(C)C)CC1. The summed E-state index contributed by atoms with van der Waals surface area (Å²) >= 11 is 0. The van der Waals surface area contributed by atoms with Gasteiger partial charge in [-0.05, 0) is 44.9 Å². The largest absolute Gasteiger partial charge is 0.378 e. The van der Waals surface area contributed by atoms with Crippen molar-refractivity contribution in [3.8, 4) is 0 Å². The highest BCUT2D eigenvalue weighted by Gasteiger charge is 2.42. The molecule has 0 atom stereocenters. The molecule has 0 unspecified atom stereocenters. The van der Waals surface area contributed by atoms with E-state index in [1.54, 1.807) is 13.8 Å². The van der Waals surface area contributed by atoms with Crippen molar-refractivity contribution < 1.29 is 13.5 Å². The summed E-state index contributed by atoms with van der Waals surface area (Å²) in [6.07, 6.45) is 6.62. The van der Waals surface area contributed by atoms with Gasteiger partial charge in [0.2, 0.25) is 5.92 Å². The third-order valence-electron chi connectivity index (χ3n) is 4.24. The number of unbranched alkanes of at least 4 members (excludes halogenated alkanes) is 2. The lowest BCUT2D eigenvalue weighted by atomic mass is 9.96. The number of hydrogen-bond donors (Lipinski definition) is 0. The number of alkyl halides is 2. The lowest BCUT2D eigenvalue weighted by Crippen LogP contribution is -2.23. The lowest BCUT2D eigenvalue weighted by Gasteiger charge is -2.20. The van der Waals surface area contributed by atoms with Gasteiger partial charge in [-0.25, -0.2) is 8.78 Å². The highest BCUT2D eigenvalue weighted by Crippen LogP contribution is 2.50. The molecule has 0 aromatic carbocycles. The van der Waals surface area contributed by atoms with E-state index in [2.05, 4.69) is 13.8 Å². The number of halogens is 2.